The maximum absolute atomic E-state index is 13.9. The molecular weight excluding hydrogens is 298 g/mol. The number of halogens is 2. The molecule has 0 aromatic heterocycles. The molecule has 1 saturated heterocycles. The van der Waals surface area contributed by atoms with Gasteiger partial charge < -0.3 is 10.0 Å². The van der Waals surface area contributed by atoms with E-state index in [0.29, 0.717) is 38.1 Å². The molecular formula is C14H14F2N2O4. The Labute approximate surface area is 124 Å². The van der Waals surface area contributed by atoms with Crippen molar-refractivity contribution in [2.75, 3.05) is 18.0 Å². The van der Waals surface area contributed by atoms with Crippen molar-refractivity contribution in [2.45, 2.75) is 12.8 Å². The predicted octanol–water partition coefficient (Wildman–Crippen LogP) is 2.73. The van der Waals surface area contributed by atoms with Crippen LogP contribution >= 0.6 is 0 Å². The fourth-order valence-corrected chi connectivity index (χ4v) is 2.49. The van der Waals surface area contributed by atoms with Gasteiger partial charge in [-0.25, -0.2) is 13.6 Å². The number of anilines is 1. The van der Waals surface area contributed by atoms with Crippen LogP contribution in [0.15, 0.2) is 24.3 Å². The van der Waals surface area contributed by atoms with Gasteiger partial charge in [-0.2, -0.15) is 0 Å². The first-order valence-corrected chi connectivity index (χ1v) is 6.68. The minimum atomic E-state index is -1.03. The molecule has 1 aliphatic heterocycles. The highest BCUT2D eigenvalue weighted by molar-refractivity contribution is 5.79. The van der Waals surface area contributed by atoms with Crippen LogP contribution in [-0.2, 0) is 4.79 Å². The standard InChI is InChI=1S/C14H14F2N2O4/c15-11-7-10(18(21)22)8-12(16)14(11)17-5-3-9(4-6-17)1-2-13(19)20/h1-2,7-9H,3-6H2,(H,19,20)/b2-1+. The molecule has 118 valence electrons. The van der Waals surface area contributed by atoms with Gasteiger partial charge in [0.1, 0.15) is 5.69 Å². The van der Waals surface area contributed by atoms with Gasteiger partial charge in [0.25, 0.3) is 5.69 Å². The summed E-state index contributed by atoms with van der Waals surface area (Å²) in [7, 11) is 0. The molecule has 0 spiro atoms. The van der Waals surface area contributed by atoms with Crippen LogP contribution in [0.3, 0.4) is 0 Å². The molecule has 6 nitrogen and oxygen atoms in total. The Morgan fingerprint density at radius 1 is 1.32 bits per heavy atom. The van der Waals surface area contributed by atoms with E-state index in [1.807, 2.05) is 0 Å². The number of nitro groups is 1. The number of non-ortho nitro benzene ring substituents is 1. The summed E-state index contributed by atoms with van der Waals surface area (Å²) in [5.74, 6) is -2.93. The van der Waals surface area contributed by atoms with E-state index in [4.69, 9.17) is 5.11 Å². The number of hydrogen-bond donors (Lipinski definition) is 1. The highest BCUT2D eigenvalue weighted by Gasteiger charge is 2.25. The zero-order valence-corrected chi connectivity index (χ0v) is 11.5. The number of piperidine rings is 1. The first-order chi connectivity index (χ1) is 10.4. The predicted molar refractivity (Wildman–Crippen MR) is 74.7 cm³/mol. The average molecular weight is 312 g/mol. The summed E-state index contributed by atoms with van der Waals surface area (Å²) in [6, 6.07) is 1.41. The SMILES string of the molecule is O=C(O)/C=C/C1CCN(c2c(F)cc([N+](=O)[O-])cc2F)CC1. The molecule has 1 aromatic carbocycles. The van der Waals surface area contributed by atoms with Crippen molar-refractivity contribution in [1.29, 1.82) is 0 Å². The number of aliphatic carboxylic acids is 1. The van der Waals surface area contributed by atoms with Crippen LogP contribution in [0.5, 0.6) is 0 Å². The van der Waals surface area contributed by atoms with Crippen molar-refractivity contribution in [3.63, 3.8) is 0 Å². The Morgan fingerprint density at radius 3 is 2.32 bits per heavy atom. The highest BCUT2D eigenvalue weighted by Crippen LogP contribution is 2.31. The average Bonchev–Trinajstić information content (AvgIpc) is 2.45. The number of nitro benzene ring substituents is 1. The summed E-state index contributed by atoms with van der Waals surface area (Å²) < 4.78 is 27.9. The summed E-state index contributed by atoms with van der Waals surface area (Å²) in [4.78, 5) is 21.7. The Hall–Kier alpha value is -2.51. The Kier molecular flexibility index (Phi) is 4.69. The van der Waals surface area contributed by atoms with E-state index in [2.05, 4.69) is 0 Å². The number of benzene rings is 1. The summed E-state index contributed by atoms with van der Waals surface area (Å²) in [6.07, 6.45) is 3.74. The minimum absolute atomic E-state index is 0.0384. The Morgan fingerprint density at radius 2 is 1.86 bits per heavy atom. The molecule has 1 aliphatic rings. The van der Waals surface area contributed by atoms with Crippen molar-refractivity contribution in [1.82, 2.24) is 0 Å². The zero-order chi connectivity index (χ0) is 16.3. The van der Waals surface area contributed by atoms with E-state index in [1.165, 1.54) is 4.90 Å². The molecule has 0 unspecified atom stereocenters. The van der Waals surface area contributed by atoms with E-state index in [9.17, 15) is 23.7 Å². The first-order valence-electron chi connectivity index (χ1n) is 6.68. The molecule has 0 bridgehead atoms. The van der Waals surface area contributed by atoms with Crippen LogP contribution in [-0.4, -0.2) is 29.1 Å². The molecule has 0 radical (unpaired) electrons. The van der Waals surface area contributed by atoms with Crippen molar-refractivity contribution in [2.24, 2.45) is 5.92 Å². The van der Waals surface area contributed by atoms with Crippen LogP contribution in [0.1, 0.15) is 12.8 Å². The van der Waals surface area contributed by atoms with Gasteiger partial charge in [0.15, 0.2) is 11.6 Å². The lowest BCUT2D eigenvalue weighted by molar-refractivity contribution is -0.385. The van der Waals surface area contributed by atoms with Crippen LogP contribution < -0.4 is 4.90 Å². The summed E-state index contributed by atoms with van der Waals surface area (Å²) in [5, 5.41) is 19.1. The molecule has 1 heterocycles. The lowest BCUT2D eigenvalue weighted by Crippen LogP contribution is -2.34. The second-order valence-electron chi connectivity index (χ2n) is 5.04. The number of carboxylic acid groups (broad SMARTS) is 1. The van der Waals surface area contributed by atoms with Gasteiger partial charge in [0, 0.05) is 19.2 Å². The van der Waals surface area contributed by atoms with Crippen molar-refractivity contribution >= 4 is 17.3 Å². The summed E-state index contributed by atoms with van der Waals surface area (Å²) in [6.45, 7) is 0.695. The number of carboxylic acids is 1. The zero-order valence-electron chi connectivity index (χ0n) is 11.5. The number of nitrogens with zero attached hydrogens (tertiary/aromatic N) is 2. The van der Waals surface area contributed by atoms with Crippen molar-refractivity contribution < 1.29 is 23.6 Å². The largest absolute Gasteiger partial charge is 0.478 e. The number of rotatable bonds is 4. The van der Waals surface area contributed by atoms with Crippen LogP contribution in [0.25, 0.3) is 0 Å². The molecule has 8 heteroatoms. The summed E-state index contributed by atoms with van der Waals surface area (Å²) in [5.41, 5.74) is -0.899. The van der Waals surface area contributed by atoms with E-state index >= 15 is 0 Å². The van der Waals surface area contributed by atoms with Gasteiger partial charge >= 0.3 is 5.97 Å². The van der Waals surface area contributed by atoms with Crippen molar-refractivity contribution in [3.8, 4) is 0 Å². The van der Waals surface area contributed by atoms with Crippen LogP contribution in [0.4, 0.5) is 20.2 Å². The number of carbonyl (C=O) groups is 1. The molecule has 1 aromatic rings. The maximum atomic E-state index is 13.9. The third-order valence-corrected chi connectivity index (χ3v) is 3.58. The third-order valence-electron chi connectivity index (χ3n) is 3.58. The molecule has 1 N–H and O–H groups in total. The van der Waals surface area contributed by atoms with Gasteiger partial charge in [0.2, 0.25) is 0 Å². The third kappa shape index (κ3) is 3.57. The molecule has 0 atom stereocenters. The van der Waals surface area contributed by atoms with Gasteiger partial charge in [-0.15, -0.1) is 0 Å². The van der Waals surface area contributed by atoms with Gasteiger partial charge in [-0.1, -0.05) is 6.08 Å². The molecule has 0 saturated carbocycles. The van der Waals surface area contributed by atoms with Gasteiger partial charge in [-0.05, 0) is 18.8 Å². The van der Waals surface area contributed by atoms with E-state index in [0.717, 1.165) is 6.08 Å². The number of allylic oxidation sites excluding steroid dienone is 1. The van der Waals surface area contributed by atoms with Gasteiger partial charge in [0.05, 0.1) is 17.1 Å². The molecule has 2 rings (SSSR count). The van der Waals surface area contributed by atoms with E-state index in [-0.39, 0.29) is 11.6 Å². The molecule has 22 heavy (non-hydrogen) atoms. The minimum Gasteiger partial charge on any atom is -0.478 e. The topological polar surface area (TPSA) is 83.7 Å². The fourth-order valence-electron chi connectivity index (χ4n) is 2.49. The van der Waals surface area contributed by atoms with Crippen LogP contribution in [0.2, 0.25) is 0 Å². The molecule has 1 fully saturated rings. The van der Waals surface area contributed by atoms with Crippen LogP contribution in [0, 0.1) is 27.7 Å². The lowest BCUT2D eigenvalue weighted by Gasteiger charge is -2.32. The maximum Gasteiger partial charge on any atom is 0.327 e. The molecule has 0 aliphatic carbocycles. The van der Waals surface area contributed by atoms with Gasteiger partial charge in [-0.3, -0.25) is 10.1 Å². The monoisotopic (exact) mass is 312 g/mol. The van der Waals surface area contributed by atoms with Crippen molar-refractivity contribution in [3.05, 3.63) is 46.0 Å². The quantitative estimate of drug-likeness (QED) is 0.525. The molecule has 0 amide bonds. The fraction of sp³-hybridized carbons (Fsp3) is 0.357. The smallest absolute Gasteiger partial charge is 0.327 e. The van der Waals surface area contributed by atoms with E-state index in [1.54, 1.807) is 6.08 Å². The van der Waals surface area contributed by atoms with E-state index < -0.39 is 28.2 Å². The highest BCUT2D eigenvalue weighted by atomic mass is 19.1. The second kappa shape index (κ2) is 6.50. The Balaban J connectivity index is 2.11. The second-order valence-corrected chi connectivity index (χ2v) is 5.04. The lowest BCUT2D eigenvalue weighted by atomic mass is 9.96. The first kappa shape index (κ1) is 15.9. The Bertz CT molecular complexity index is 602. The normalized spacial score (nSPS) is 16.2. The summed E-state index contributed by atoms with van der Waals surface area (Å²) >= 11 is 0. The number of hydrogen-bond acceptors (Lipinski definition) is 4.